The van der Waals surface area contributed by atoms with Crippen LogP contribution < -0.4 is 10.6 Å². The minimum absolute atomic E-state index is 0. The van der Waals surface area contributed by atoms with E-state index in [0.717, 1.165) is 36.9 Å². The van der Waals surface area contributed by atoms with Crippen LogP contribution in [0.2, 0.25) is 0 Å². The molecular weight excluding hydrogens is 465 g/mol. The fourth-order valence-corrected chi connectivity index (χ4v) is 3.86. The van der Waals surface area contributed by atoms with Gasteiger partial charge in [0, 0.05) is 35.7 Å². The summed E-state index contributed by atoms with van der Waals surface area (Å²) in [6.45, 7) is 12.9. The molecular formula is C17H28IN5S2. The Labute approximate surface area is 175 Å². The summed E-state index contributed by atoms with van der Waals surface area (Å²) < 4.78 is 0. The minimum atomic E-state index is 0. The number of guanidine groups is 1. The van der Waals surface area contributed by atoms with Gasteiger partial charge in [0.05, 0.1) is 27.9 Å². The lowest BCUT2D eigenvalue weighted by molar-refractivity contribution is 0.790. The van der Waals surface area contributed by atoms with Gasteiger partial charge in [0.1, 0.15) is 0 Å². The third kappa shape index (κ3) is 7.18. The van der Waals surface area contributed by atoms with E-state index in [2.05, 4.69) is 65.6 Å². The van der Waals surface area contributed by atoms with Crippen LogP contribution in [0, 0.1) is 13.8 Å². The van der Waals surface area contributed by atoms with Crippen molar-refractivity contribution in [3.05, 3.63) is 31.7 Å². The molecule has 0 saturated heterocycles. The van der Waals surface area contributed by atoms with Crippen LogP contribution in [0.25, 0.3) is 0 Å². The van der Waals surface area contributed by atoms with Gasteiger partial charge < -0.3 is 10.6 Å². The Hall–Kier alpha value is -0.740. The molecule has 2 aromatic rings. The third-order valence-electron chi connectivity index (χ3n) is 3.51. The van der Waals surface area contributed by atoms with Crippen molar-refractivity contribution in [1.29, 1.82) is 0 Å². The average Bonchev–Trinajstić information content (AvgIpc) is 3.12. The molecule has 0 aliphatic rings. The molecule has 0 saturated carbocycles. The van der Waals surface area contributed by atoms with Crippen molar-refractivity contribution in [3.8, 4) is 0 Å². The number of aliphatic imine (C=N–C) groups is 1. The van der Waals surface area contributed by atoms with E-state index in [0.29, 0.717) is 12.5 Å². The highest BCUT2D eigenvalue weighted by molar-refractivity contribution is 14.0. The summed E-state index contributed by atoms with van der Waals surface area (Å²) in [4.78, 5) is 15.1. The van der Waals surface area contributed by atoms with Gasteiger partial charge in [-0.05, 0) is 20.8 Å². The monoisotopic (exact) mass is 493 g/mol. The van der Waals surface area contributed by atoms with Crippen molar-refractivity contribution in [3.63, 3.8) is 0 Å². The molecule has 0 aliphatic heterocycles. The highest BCUT2D eigenvalue weighted by Crippen LogP contribution is 2.19. The normalized spacial score (nSPS) is 11.5. The number of halogens is 1. The third-order valence-corrected chi connectivity index (χ3v) is 5.84. The fraction of sp³-hybridized carbons (Fsp3) is 0.588. The number of aryl methyl sites for hydroxylation is 2. The predicted octanol–water partition coefficient (Wildman–Crippen LogP) is 4.26. The van der Waals surface area contributed by atoms with Crippen molar-refractivity contribution in [2.75, 3.05) is 13.1 Å². The number of nitrogens with zero attached hydrogens (tertiary/aromatic N) is 3. The molecule has 8 heteroatoms. The van der Waals surface area contributed by atoms with Crippen LogP contribution in [-0.4, -0.2) is 29.0 Å². The molecule has 2 heterocycles. The number of rotatable bonds is 7. The molecule has 0 atom stereocenters. The van der Waals surface area contributed by atoms with Gasteiger partial charge >= 0.3 is 0 Å². The van der Waals surface area contributed by atoms with Gasteiger partial charge in [-0.15, -0.1) is 46.7 Å². The highest BCUT2D eigenvalue weighted by atomic mass is 127. The Balaban J connectivity index is 0.00000312. The molecule has 0 fully saturated rings. The van der Waals surface area contributed by atoms with E-state index in [-0.39, 0.29) is 24.0 Å². The smallest absolute Gasteiger partial charge is 0.191 e. The zero-order valence-corrected chi connectivity index (χ0v) is 19.5. The highest BCUT2D eigenvalue weighted by Gasteiger charge is 2.06. The van der Waals surface area contributed by atoms with Crippen LogP contribution >= 0.6 is 46.7 Å². The molecule has 2 rings (SSSR count). The number of hydrogen-bond acceptors (Lipinski definition) is 5. The minimum Gasteiger partial charge on any atom is -0.357 e. The second-order valence-electron chi connectivity index (χ2n) is 5.95. The molecule has 140 valence electrons. The topological polar surface area (TPSA) is 62.2 Å². The summed E-state index contributed by atoms with van der Waals surface area (Å²) in [7, 11) is 0. The van der Waals surface area contributed by atoms with Crippen LogP contribution in [0.3, 0.4) is 0 Å². The lowest BCUT2D eigenvalue weighted by Gasteiger charge is -2.10. The summed E-state index contributed by atoms with van der Waals surface area (Å²) in [6.07, 6.45) is 0.915. The van der Waals surface area contributed by atoms with E-state index < -0.39 is 0 Å². The first-order chi connectivity index (χ1) is 11.5. The van der Waals surface area contributed by atoms with Gasteiger partial charge in [-0.1, -0.05) is 13.8 Å². The van der Waals surface area contributed by atoms with Gasteiger partial charge in [-0.3, -0.25) is 0 Å². The summed E-state index contributed by atoms with van der Waals surface area (Å²) in [5, 5.41) is 11.1. The van der Waals surface area contributed by atoms with Gasteiger partial charge in [0.2, 0.25) is 0 Å². The van der Waals surface area contributed by atoms with Crippen LogP contribution in [0.1, 0.15) is 53.0 Å². The van der Waals surface area contributed by atoms with E-state index in [4.69, 9.17) is 0 Å². The Morgan fingerprint density at radius 1 is 1.24 bits per heavy atom. The Morgan fingerprint density at radius 2 is 2.00 bits per heavy atom. The van der Waals surface area contributed by atoms with Crippen LogP contribution in [0.15, 0.2) is 10.4 Å². The number of hydrogen-bond donors (Lipinski definition) is 2. The Kier molecular flexibility index (Phi) is 9.88. The number of thiazole rings is 2. The molecule has 2 aromatic heterocycles. The lowest BCUT2D eigenvalue weighted by Crippen LogP contribution is -2.38. The van der Waals surface area contributed by atoms with Gasteiger partial charge in [-0.25, -0.2) is 15.0 Å². The van der Waals surface area contributed by atoms with Crippen LogP contribution in [0.5, 0.6) is 0 Å². The summed E-state index contributed by atoms with van der Waals surface area (Å²) in [6, 6.07) is 0. The quantitative estimate of drug-likeness (QED) is 0.344. The first-order valence-electron chi connectivity index (χ1n) is 8.39. The zero-order chi connectivity index (χ0) is 17.5. The maximum absolute atomic E-state index is 4.63. The molecule has 0 unspecified atom stereocenters. The molecule has 25 heavy (non-hydrogen) atoms. The van der Waals surface area contributed by atoms with E-state index in [1.165, 1.54) is 14.9 Å². The summed E-state index contributed by atoms with van der Waals surface area (Å²) in [5.74, 6) is 1.31. The van der Waals surface area contributed by atoms with Crippen LogP contribution in [-0.2, 0) is 13.0 Å². The van der Waals surface area contributed by atoms with Crippen molar-refractivity contribution in [1.82, 2.24) is 20.6 Å². The van der Waals surface area contributed by atoms with E-state index in [1.807, 2.05) is 0 Å². The van der Waals surface area contributed by atoms with E-state index in [9.17, 15) is 0 Å². The summed E-state index contributed by atoms with van der Waals surface area (Å²) >= 11 is 3.49. The van der Waals surface area contributed by atoms with Gasteiger partial charge in [0.15, 0.2) is 5.96 Å². The van der Waals surface area contributed by atoms with Crippen molar-refractivity contribution in [2.45, 2.75) is 53.5 Å². The molecule has 0 bridgehead atoms. The second-order valence-corrected chi connectivity index (χ2v) is 8.13. The molecule has 0 amide bonds. The first kappa shape index (κ1) is 22.3. The van der Waals surface area contributed by atoms with Crippen molar-refractivity contribution >= 4 is 52.6 Å². The lowest BCUT2D eigenvalue weighted by atomic mass is 10.2. The van der Waals surface area contributed by atoms with Gasteiger partial charge in [-0.2, -0.15) is 0 Å². The Bertz CT molecular complexity index is 659. The molecule has 5 nitrogen and oxygen atoms in total. The first-order valence-corrected chi connectivity index (χ1v) is 10.1. The fourth-order valence-electron chi connectivity index (χ4n) is 2.10. The maximum atomic E-state index is 4.63. The standard InChI is InChI=1S/C17H27N5S2.HI/c1-6-18-17(19-8-7-15-21-12(4)13(5)24-15)20-9-14-10-23-16(22-14)11(2)3;/h10-11H,6-9H2,1-5H3,(H2,18,19,20);1H. The second kappa shape index (κ2) is 11.1. The predicted molar refractivity (Wildman–Crippen MR) is 120 cm³/mol. The molecule has 2 N–H and O–H groups in total. The molecule has 0 spiro atoms. The maximum Gasteiger partial charge on any atom is 0.191 e. The van der Waals surface area contributed by atoms with Crippen molar-refractivity contribution < 1.29 is 0 Å². The molecule has 0 aromatic carbocycles. The average molecular weight is 493 g/mol. The molecule has 0 radical (unpaired) electrons. The van der Waals surface area contributed by atoms with Crippen molar-refractivity contribution in [2.24, 2.45) is 4.99 Å². The van der Waals surface area contributed by atoms with Crippen LogP contribution in [0.4, 0.5) is 0 Å². The van der Waals surface area contributed by atoms with Gasteiger partial charge in [0.25, 0.3) is 0 Å². The van der Waals surface area contributed by atoms with E-state index in [1.54, 1.807) is 22.7 Å². The largest absolute Gasteiger partial charge is 0.357 e. The number of nitrogens with one attached hydrogen (secondary N) is 2. The molecule has 0 aliphatic carbocycles. The Morgan fingerprint density at radius 3 is 2.56 bits per heavy atom. The van der Waals surface area contributed by atoms with E-state index >= 15 is 0 Å². The zero-order valence-electron chi connectivity index (χ0n) is 15.5. The SMILES string of the molecule is CCNC(=NCc1csc(C(C)C)n1)NCCc1nc(C)c(C)s1.I. The number of aromatic nitrogens is 2. The summed E-state index contributed by atoms with van der Waals surface area (Å²) in [5.41, 5.74) is 2.17.